The standard InChI is InChI=1S/C32H33ClN4O4S/c1-5-16-40-30(38)28-21(3)34-31-35-32(42-19-24-8-6-7-9-25(24)33)36-37(31)29(28)23-14-15-26(27(17-23)39-4)41-18-22-12-10-20(2)11-13-22/h6-15,17,29H,5,16,18-19H2,1-4H3,(H,34,35,36). The van der Waals surface area contributed by atoms with Crippen LogP contribution in [-0.2, 0) is 21.9 Å². The number of anilines is 1. The van der Waals surface area contributed by atoms with Crippen molar-refractivity contribution in [2.24, 2.45) is 0 Å². The number of allylic oxidation sites excluding steroid dienone is 1. The normalized spacial score (nSPS) is 14.3. The van der Waals surface area contributed by atoms with Gasteiger partial charge in [-0.1, -0.05) is 84.4 Å². The zero-order chi connectivity index (χ0) is 29.6. The Balaban J connectivity index is 1.47. The lowest BCUT2D eigenvalue weighted by atomic mass is 9.95. The van der Waals surface area contributed by atoms with Gasteiger partial charge in [-0.2, -0.15) is 4.98 Å². The fourth-order valence-corrected chi connectivity index (χ4v) is 5.73. The molecule has 1 aliphatic heterocycles. The van der Waals surface area contributed by atoms with Crippen molar-refractivity contribution in [1.82, 2.24) is 14.8 Å². The maximum atomic E-state index is 13.4. The second-order valence-corrected chi connectivity index (χ2v) is 11.3. The number of aryl methyl sites for hydroxylation is 1. The molecule has 1 aliphatic rings. The van der Waals surface area contributed by atoms with Crippen molar-refractivity contribution in [1.29, 1.82) is 0 Å². The molecule has 1 atom stereocenters. The number of fused-ring (bicyclic) bond motifs is 1. The molecule has 1 unspecified atom stereocenters. The van der Waals surface area contributed by atoms with Crippen LogP contribution < -0.4 is 14.8 Å². The molecule has 0 saturated carbocycles. The Kier molecular flexibility index (Phi) is 9.39. The van der Waals surface area contributed by atoms with Gasteiger partial charge in [0.05, 0.1) is 19.3 Å². The molecule has 0 fully saturated rings. The molecule has 1 aromatic heterocycles. The molecule has 5 rings (SSSR count). The predicted octanol–water partition coefficient (Wildman–Crippen LogP) is 7.36. The van der Waals surface area contributed by atoms with E-state index < -0.39 is 12.0 Å². The van der Waals surface area contributed by atoms with Gasteiger partial charge in [-0.3, -0.25) is 0 Å². The highest BCUT2D eigenvalue weighted by atomic mass is 35.5. The van der Waals surface area contributed by atoms with E-state index in [2.05, 4.69) is 24.4 Å². The van der Waals surface area contributed by atoms with Crippen molar-refractivity contribution >= 4 is 35.3 Å². The van der Waals surface area contributed by atoms with Crippen LogP contribution in [0.2, 0.25) is 5.02 Å². The maximum absolute atomic E-state index is 13.4. The molecule has 4 aromatic rings. The minimum atomic E-state index is -0.590. The van der Waals surface area contributed by atoms with Crippen LogP contribution in [-0.4, -0.2) is 34.5 Å². The Morgan fingerprint density at radius 1 is 1.07 bits per heavy atom. The molecule has 3 aromatic carbocycles. The summed E-state index contributed by atoms with van der Waals surface area (Å²) in [6.45, 7) is 6.58. The van der Waals surface area contributed by atoms with E-state index in [9.17, 15) is 4.79 Å². The summed E-state index contributed by atoms with van der Waals surface area (Å²) in [5.74, 6) is 1.88. The average Bonchev–Trinajstić information content (AvgIpc) is 3.40. The highest BCUT2D eigenvalue weighted by Crippen LogP contribution is 2.40. The Morgan fingerprint density at radius 2 is 1.86 bits per heavy atom. The highest BCUT2D eigenvalue weighted by molar-refractivity contribution is 7.98. The molecule has 0 radical (unpaired) electrons. The smallest absolute Gasteiger partial charge is 0.338 e. The molecule has 0 spiro atoms. The number of methoxy groups -OCH3 is 1. The molecular weight excluding hydrogens is 572 g/mol. The van der Waals surface area contributed by atoms with E-state index in [1.807, 2.05) is 68.4 Å². The number of carbonyl (C=O) groups excluding carboxylic acids is 1. The van der Waals surface area contributed by atoms with E-state index >= 15 is 0 Å². The summed E-state index contributed by atoms with van der Waals surface area (Å²) in [5, 5.41) is 9.32. The van der Waals surface area contributed by atoms with Crippen LogP contribution in [0.4, 0.5) is 5.95 Å². The van der Waals surface area contributed by atoms with Gasteiger partial charge in [-0.25, -0.2) is 9.48 Å². The third-order valence-corrected chi connectivity index (χ3v) is 8.08. The van der Waals surface area contributed by atoms with Crippen LogP contribution in [0.25, 0.3) is 0 Å². The molecule has 0 aliphatic carbocycles. The monoisotopic (exact) mass is 604 g/mol. The van der Waals surface area contributed by atoms with Gasteiger partial charge < -0.3 is 19.5 Å². The van der Waals surface area contributed by atoms with Gasteiger partial charge in [0.25, 0.3) is 0 Å². The summed E-state index contributed by atoms with van der Waals surface area (Å²) < 4.78 is 19.2. The highest BCUT2D eigenvalue weighted by Gasteiger charge is 2.36. The van der Waals surface area contributed by atoms with Gasteiger partial charge in [0.15, 0.2) is 11.5 Å². The third kappa shape index (κ3) is 6.58. The lowest BCUT2D eigenvalue weighted by Gasteiger charge is -2.28. The SMILES string of the molecule is CCCOC(=O)C1=C(C)Nc2nc(SCc3ccccc3Cl)nn2C1c1ccc(OCc2ccc(C)cc2)c(OC)c1. The van der Waals surface area contributed by atoms with Crippen LogP contribution in [0.15, 0.2) is 83.2 Å². The van der Waals surface area contributed by atoms with Gasteiger partial charge in [0, 0.05) is 16.5 Å². The largest absolute Gasteiger partial charge is 0.493 e. The van der Waals surface area contributed by atoms with Crippen LogP contribution in [0.1, 0.15) is 48.6 Å². The van der Waals surface area contributed by atoms with Crippen LogP contribution >= 0.6 is 23.4 Å². The molecule has 0 bridgehead atoms. The third-order valence-electron chi connectivity index (χ3n) is 6.82. The number of hydrogen-bond donors (Lipinski definition) is 1. The van der Waals surface area contributed by atoms with Crippen molar-refractivity contribution in [3.8, 4) is 11.5 Å². The van der Waals surface area contributed by atoms with Crippen molar-refractivity contribution in [3.05, 3.63) is 105 Å². The van der Waals surface area contributed by atoms with E-state index in [4.69, 9.17) is 35.9 Å². The Morgan fingerprint density at radius 3 is 2.60 bits per heavy atom. The molecule has 0 saturated heterocycles. The van der Waals surface area contributed by atoms with E-state index in [1.54, 1.807) is 11.8 Å². The number of rotatable bonds is 11. The van der Waals surface area contributed by atoms with E-state index in [0.717, 1.165) is 16.7 Å². The van der Waals surface area contributed by atoms with Crippen LogP contribution in [0, 0.1) is 6.92 Å². The molecule has 10 heteroatoms. The van der Waals surface area contributed by atoms with Gasteiger partial charge in [0.1, 0.15) is 12.6 Å². The maximum Gasteiger partial charge on any atom is 0.338 e. The van der Waals surface area contributed by atoms with Gasteiger partial charge >= 0.3 is 5.97 Å². The van der Waals surface area contributed by atoms with Crippen molar-refractivity contribution in [2.75, 3.05) is 19.0 Å². The molecule has 0 amide bonds. The second kappa shape index (κ2) is 13.4. The number of aromatic nitrogens is 3. The molecule has 1 N–H and O–H groups in total. The molecule has 218 valence electrons. The summed E-state index contributed by atoms with van der Waals surface area (Å²) >= 11 is 7.83. The summed E-state index contributed by atoms with van der Waals surface area (Å²) in [7, 11) is 1.60. The number of esters is 1. The Hall–Kier alpha value is -3.95. The summed E-state index contributed by atoms with van der Waals surface area (Å²) in [6.07, 6.45) is 0.717. The van der Waals surface area contributed by atoms with Gasteiger partial charge in [-0.05, 0) is 55.2 Å². The fourth-order valence-electron chi connectivity index (χ4n) is 4.61. The summed E-state index contributed by atoms with van der Waals surface area (Å²) in [6, 6.07) is 21.0. The summed E-state index contributed by atoms with van der Waals surface area (Å²) in [5.41, 5.74) is 5.13. The Bertz CT molecular complexity index is 1600. The Labute approximate surface area is 255 Å². The number of benzene rings is 3. The zero-order valence-corrected chi connectivity index (χ0v) is 25.6. The van der Waals surface area contributed by atoms with E-state index in [0.29, 0.717) is 64.3 Å². The van der Waals surface area contributed by atoms with E-state index in [1.165, 1.54) is 17.3 Å². The number of nitrogens with zero attached hydrogens (tertiary/aromatic N) is 3. The van der Waals surface area contributed by atoms with Crippen molar-refractivity contribution in [3.63, 3.8) is 0 Å². The quantitative estimate of drug-likeness (QED) is 0.140. The molecular formula is C32H33ClN4O4S. The lowest BCUT2D eigenvalue weighted by Crippen LogP contribution is -2.29. The minimum Gasteiger partial charge on any atom is -0.493 e. The first-order valence-corrected chi connectivity index (χ1v) is 15.1. The predicted molar refractivity (Wildman–Crippen MR) is 165 cm³/mol. The molecule has 2 heterocycles. The second-order valence-electron chi connectivity index (χ2n) is 9.93. The number of carbonyl (C=O) groups is 1. The number of nitrogens with one attached hydrogen (secondary N) is 1. The van der Waals surface area contributed by atoms with Crippen LogP contribution in [0.5, 0.6) is 11.5 Å². The van der Waals surface area contributed by atoms with E-state index in [-0.39, 0.29) is 0 Å². The minimum absolute atomic E-state index is 0.320. The van der Waals surface area contributed by atoms with Crippen molar-refractivity contribution < 1.29 is 19.0 Å². The number of hydrogen-bond acceptors (Lipinski definition) is 8. The lowest BCUT2D eigenvalue weighted by molar-refractivity contribution is -0.139. The first-order valence-electron chi connectivity index (χ1n) is 13.7. The topological polar surface area (TPSA) is 87.5 Å². The average molecular weight is 605 g/mol. The molecule has 42 heavy (non-hydrogen) atoms. The number of ether oxygens (including phenoxy) is 3. The summed E-state index contributed by atoms with van der Waals surface area (Å²) in [4.78, 5) is 18.1. The molecule has 8 nitrogen and oxygen atoms in total. The first kappa shape index (κ1) is 29.5. The fraction of sp³-hybridized carbons (Fsp3) is 0.281. The van der Waals surface area contributed by atoms with Gasteiger partial charge in [-0.15, -0.1) is 5.10 Å². The number of thioether (sulfide) groups is 1. The van der Waals surface area contributed by atoms with Gasteiger partial charge in [0.2, 0.25) is 11.1 Å². The number of halogens is 1. The van der Waals surface area contributed by atoms with Crippen LogP contribution in [0.3, 0.4) is 0 Å². The zero-order valence-electron chi connectivity index (χ0n) is 24.0. The van der Waals surface area contributed by atoms with Crippen molar-refractivity contribution in [2.45, 2.75) is 50.8 Å². The first-order chi connectivity index (χ1) is 20.4.